The molecule has 9 nitrogen and oxygen atoms in total. The number of amides is 2. The number of halogens is 1. The molecule has 1 N–H and O–H groups in total. The van der Waals surface area contributed by atoms with Crippen molar-refractivity contribution in [3.05, 3.63) is 111 Å². The smallest absolute Gasteiger partial charge is 0.265 e. The van der Waals surface area contributed by atoms with Gasteiger partial charge in [-0.2, -0.15) is 0 Å². The molecule has 0 aliphatic carbocycles. The normalized spacial score (nSPS) is 19.5. The van der Waals surface area contributed by atoms with E-state index in [9.17, 15) is 19.5 Å². The fourth-order valence-electron chi connectivity index (χ4n) is 7.26. The van der Waals surface area contributed by atoms with Gasteiger partial charge in [0.15, 0.2) is 0 Å². The van der Waals surface area contributed by atoms with Crippen LogP contribution in [0.1, 0.15) is 46.0 Å². The van der Waals surface area contributed by atoms with Gasteiger partial charge in [0.05, 0.1) is 22.6 Å². The van der Waals surface area contributed by atoms with Crippen LogP contribution in [0.3, 0.4) is 0 Å². The molecule has 2 aliphatic heterocycles. The summed E-state index contributed by atoms with van der Waals surface area (Å²) in [6.07, 6.45) is 4.52. The van der Waals surface area contributed by atoms with Crippen LogP contribution in [0.25, 0.3) is 21.5 Å². The molecule has 2 saturated heterocycles. The van der Waals surface area contributed by atoms with Crippen LogP contribution >= 0.6 is 22.9 Å². The Kier molecular flexibility index (Phi) is 8.74. The molecule has 2 atom stereocenters. The maximum atomic E-state index is 14.2. The molecule has 11 heteroatoms. The summed E-state index contributed by atoms with van der Waals surface area (Å²) in [4.78, 5) is 50.9. The van der Waals surface area contributed by atoms with Gasteiger partial charge in [0, 0.05) is 56.1 Å². The Balaban J connectivity index is 1.06. The predicted octanol–water partition coefficient (Wildman–Crippen LogP) is 5.72. The van der Waals surface area contributed by atoms with E-state index in [4.69, 9.17) is 11.6 Å². The number of fused-ring (bicyclic) bond motifs is 1. The lowest BCUT2D eigenvalue weighted by atomic mass is 9.79. The highest BCUT2D eigenvalue weighted by Crippen LogP contribution is 2.42. The molecule has 0 saturated carbocycles. The number of hydrogen-bond acceptors (Lipinski definition) is 6. The van der Waals surface area contributed by atoms with Gasteiger partial charge < -0.3 is 19.5 Å². The van der Waals surface area contributed by atoms with Crippen molar-refractivity contribution in [3.63, 3.8) is 0 Å². The minimum atomic E-state index is -1.13. The second-order valence-electron chi connectivity index (χ2n) is 13.1. The summed E-state index contributed by atoms with van der Waals surface area (Å²) in [5.74, 6) is -0.564. The highest BCUT2D eigenvalue weighted by molar-refractivity contribution is 7.18. The van der Waals surface area contributed by atoms with Gasteiger partial charge in [-0.15, -0.1) is 11.3 Å². The topological polar surface area (TPSA) is 101 Å². The number of rotatable bonds is 6. The molecule has 3 aromatic heterocycles. The Hall–Kier alpha value is -4.25. The quantitative estimate of drug-likeness (QED) is 0.247. The summed E-state index contributed by atoms with van der Waals surface area (Å²) in [5.41, 5.74) is 2.23. The van der Waals surface area contributed by atoms with Crippen LogP contribution in [-0.4, -0.2) is 72.6 Å². The van der Waals surface area contributed by atoms with E-state index in [0.29, 0.717) is 66.4 Å². The Labute approximate surface area is 288 Å². The molecule has 248 valence electrons. The molecule has 2 amide bonds. The Morgan fingerprint density at radius 1 is 1.00 bits per heavy atom. The van der Waals surface area contributed by atoms with E-state index in [2.05, 4.69) is 4.98 Å². The lowest BCUT2D eigenvalue weighted by Gasteiger charge is -2.43. The lowest BCUT2D eigenvalue weighted by molar-refractivity contribution is -0.142. The zero-order chi connectivity index (χ0) is 33.6. The molecular formula is C37H38ClN5O4S. The van der Waals surface area contributed by atoms with E-state index in [0.717, 1.165) is 21.6 Å². The number of nitrogens with zero attached hydrogens (tertiary/aromatic N) is 5. The van der Waals surface area contributed by atoms with Gasteiger partial charge in [0.1, 0.15) is 16.9 Å². The van der Waals surface area contributed by atoms with E-state index in [1.54, 1.807) is 16.8 Å². The zero-order valence-electron chi connectivity index (χ0n) is 27.0. The van der Waals surface area contributed by atoms with Gasteiger partial charge in [0.25, 0.3) is 11.5 Å². The summed E-state index contributed by atoms with van der Waals surface area (Å²) < 4.78 is 3.27. The molecule has 0 spiro atoms. The molecule has 0 unspecified atom stereocenters. The van der Waals surface area contributed by atoms with Gasteiger partial charge in [-0.3, -0.25) is 19.0 Å². The van der Waals surface area contributed by atoms with Gasteiger partial charge in [0.2, 0.25) is 5.91 Å². The summed E-state index contributed by atoms with van der Waals surface area (Å²) >= 11 is 8.20. The summed E-state index contributed by atoms with van der Waals surface area (Å²) in [5, 5.41) is 12.5. The van der Waals surface area contributed by atoms with Crippen LogP contribution in [0.5, 0.6) is 0 Å². The number of thiophene rings is 1. The number of aryl methyl sites for hydroxylation is 1. The average molecular weight is 684 g/mol. The van der Waals surface area contributed by atoms with Crippen LogP contribution in [0.4, 0.5) is 0 Å². The molecule has 0 radical (unpaired) electrons. The maximum Gasteiger partial charge on any atom is 0.265 e. The number of benzene rings is 2. The van der Waals surface area contributed by atoms with Crippen molar-refractivity contribution >= 4 is 45.8 Å². The van der Waals surface area contributed by atoms with Gasteiger partial charge in [-0.25, -0.2) is 4.98 Å². The number of carbonyl (C=O) groups excluding carboxylic acids is 2. The van der Waals surface area contributed by atoms with Crippen LogP contribution in [0, 0.1) is 12.8 Å². The minimum absolute atomic E-state index is 0.0407. The first-order valence-electron chi connectivity index (χ1n) is 16.3. The van der Waals surface area contributed by atoms with Gasteiger partial charge >= 0.3 is 0 Å². The summed E-state index contributed by atoms with van der Waals surface area (Å²) in [7, 11) is 1.84. The first-order chi connectivity index (χ1) is 23.1. The molecular weight excluding hydrogens is 646 g/mol. The van der Waals surface area contributed by atoms with Gasteiger partial charge in [-0.1, -0.05) is 72.3 Å². The van der Waals surface area contributed by atoms with Crippen molar-refractivity contribution in [3.8, 4) is 10.4 Å². The molecule has 48 heavy (non-hydrogen) atoms. The lowest BCUT2D eigenvalue weighted by Crippen LogP contribution is -2.53. The minimum Gasteiger partial charge on any atom is -0.388 e. The SMILES string of the molecule is Cc1c(-c2ccccc2)sc(C(=O)N2CC[C@@H](C(=O)N3CCC(O)(Cn4cnc5c(ccn5C)c4=O)CC3)[C@H](c3ccccc3)C2)c1Cl. The van der Waals surface area contributed by atoms with E-state index in [1.807, 2.05) is 84.4 Å². The van der Waals surface area contributed by atoms with E-state index in [1.165, 1.54) is 22.2 Å². The highest BCUT2D eigenvalue weighted by atomic mass is 35.5. The number of carbonyl (C=O) groups is 2. The monoisotopic (exact) mass is 683 g/mol. The summed E-state index contributed by atoms with van der Waals surface area (Å²) in [6, 6.07) is 21.6. The van der Waals surface area contributed by atoms with Crippen molar-refractivity contribution in [2.75, 3.05) is 26.2 Å². The molecule has 2 fully saturated rings. The van der Waals surface area contributed by atoms with E-state index < -0.39 is 5.60 Å². The molecule has 0 bridgehead atoms. The number of aliphatic hydroxyl groups is 1. The van der Waals surface area contributed by atoms with Crippen LogP contribution in [-0.2, 0) is 18.4 Å². The van der Waals surface area contributed by atoms with Crippen molar-refractivity contribution in [2.24, 2.45) is 13.0 Å². The first-order valence-corrected chi connectivity index (χ1v) is 17.5. The van der Waals surface area contributed by atoms with Gasteiger partial charge in [-0.05, 0) is 48.9 Å². The Morgan fingerprint density at radius 3 is 2.40 bits per heavy atom. The average Bonchev–Trinajstić information content (AvgIpc) is 3.64. The molecule has 5 aromatic rings. The largest absolute Gasteiger partial charge is 0.388 e. The van der Waals surface area contributed by atoms with Crippen molar-refractivity contribution in [1.82, 2.24) is 23.9 Å². The first kappa shape index (κ1) is 32.3. The molecule has 2 aromatic carbocycles. The second kappa shape index (κ2) is 13.0. The van der Waals surface area contributed by atoms with E-state index in [-0.39, 0.29) is 35.8 Å². The third-order valence-electron chi connectivity index (χ3n) is 10.1. The van der Waals surface area contributed by atoms with Crippen LogP contribution in [0.2, 0.25) is 5.02 Å². The predicted molar refractivity (Wildman–Crippen MR) is 188 cm³/mol. The van der Waals surface area contributed by atoms with Crippen molar-refractivity contribution < 1.29 is 14.7 Å². The Bertz CT molecular complexity index is 2030. The molecule has 7 rings (SSSR count). The second-order valence-corrected chi connectivity index (χ2v) is 14.5. The van der Waals surface area contributed by atoms with E-state index >= 15 is 0 Å². The number of hydrogen-bond donors (Lipinski definition) is 1. The van der Waals surface area contributed by atoms with Crippen LogP contribution in [0.15, 0.2) is 84.0 Å². The fourth-order valence-corrected chi connectivity index (χ4v) is 8.78. The number of piperidine rings is 2. The van der Waals surface area contributed by atoms with Crippen molar-refractivity contribution in [2.45, 2.75) is 44.2 Å². The summed E-state index contributed by atoms with van der Waals surface area (Å²) in [6.45, 7) is 3.70. The number of aromatic nitrogens is 3. The molecule has 2 aliphatic rings. The third kappa shape index (κ3) is 5.97. The Morgan fingerprint density at radius 2 is 1.69 bits per heavy atom. The standard InChI is InChI=1S/C37H38ClN5O4S/c1-24-30(38)32(48-31(24)26-11-7-4-8-12-26)36(46)42-18-14-27(29(21-42)25-9-5-3-6-10-25)34(44)41-19-15-37(47,16-20-41)22-43-23-39-33-28(35(43)45)13-17-40(33)2/h3-13,17,23,27,29,47H,14-16,18-22H2,1-2H3/t27-,29+/m1/s1. The van der Waals surface area contributed by atoms with Crippen LogP contribution < -0.4 is 5.56 Å². The third-order valence-corrected chi connectivity index (χ3v) is 12.0. The maximum absolute atomic E-state index is 14.2. The number of likely N-dealkylation sites (tertiary alicyclic amines) is 2. The fraction of sp³-hybridized carbons (Fsp3) is 0.351. The zero-order valence-corrected chi connectivity index (χ0v) is 28.6. The highest BCUT2D eigenvalue weighted by Gasteiger charge is 2.42. The molecule has 5 heterocycles. The van der Waals surface area contributed by atoms with Crippen molar-refractivity contribution in [1.29, 1.82) is 0 Å².